The fraction of sp³-hybridized carbons (Fsp3) is 0.417. The van der Waals surface area contributed by atoms with Crippen molar-refractivity contribution in [2.24, 2.45) is 11.1 Å². The summed E-state index contributed by atoms with van der Waals surface area (Å²) < 4.78 is 1.91. The number of nitrogens with zero attached hydrogens (tertiary/aromatic N) is 2. The zero-order chi connectivity index (χ0) is 10.6. The third-order valence-corrected chi connectivity index (χ3v) is 3.70. The molecule has 3 rings (SSSR count). The molecule has 1 saturated carbocycles. The SMILES string of the molecule is CC1(C)[C@H](N)[C@H]1c1cnn2ccccc12. The number of rotatable bonds is 1. The van der Waals surface area contributed by atoms with Gasteiger partial charge in [0.2, 0.25) is 0 Å². The Morgan fingerprint density at radius 3 is 2.80 bits per heavy atom. The van der Waals surface area contributed by atoms with E-state index in [-0.39, 0.29) is 11.5 Å². The van der Waals surface area contributed by atoms with Gasteiger partial charge in [0, 0.05) is 23.7 Å². The minimum absolute atomic E-state index is 0.222. The molecule has 0 spiro atoms. The van der Waals surface area contributed by atoms with Gasteiger partial charge in [-0.3, -0.25) is 0 Å². The molecule has 2 heterocycles. The van der Waals surface area contributed by atoms with E-state index < -0.39 is 0 Å². The first-order chi connectivity index (χ1) is 7.12. The molecule has 1 fully saturated rings. The summed E-state index contributed by atoms with van der Waals surface area (Å²) in [7, 11) is 0. The van der Waals surface area contributed by atoms with Gasteiger partial charge in [-0.05, 0) is 17.5 Å². The molecule has 15 heavy (non-hydrogen) atoms. The summed E-state index contributed by atoms with van der Waals surface area (Å²) in [6.45, 7) is 4.43. The third-order valence-electron chi connectivity index (χ3n) is 3.70. The molecule has 0 radical (unpaired) electrons. The summed E-state index contributed by atoms with van der Waals surface area (Å²) in [4.78, 5) is 0. The highest BCUT2D eigenvalue weighted by molar-refractivity contribution is 5.58. The Hall–Kier alpha value is -1.35. The number of aromatic nitrogens is 2. The Kier molecular flexibility index (Phi) is 1.55. The molecule has 2 aromatic rings. The maximum absolute atomic E-state index is 6.09. The van der Waals surface area contributed by atoms with Gasteiger partial charge in [0.25, 0.3) is 0 Å². The largest absolute Gasteiger partial charge is 0.327 e. The van der Waals surface area contributed by atoms with Crippen molar-refractivity contribution in [3.63, 3.8) is 0 Å². The molecule has 0 bridgehead atoms. The average Bonchev–Trinajstić information content (AvgIpc) is 2.63. The molecule has 78 valence electrons. The van der Waals surface area contributed by atoms with Gasteiger partial charge in [-0.2, -0.15) is 5.10 Å². The smallest absolute Gasteiger partial charge is 0.0697 e. The monoisotopic (exact) mass is 201 g/mol. The van der Waals surface area contributed by atoms with E-state index >= 15 is 0 Å². The lowest BCUT2D eigenvalue weighted by Crippen LogP contribution is -2.06. The van der Waals surface area contributed by atoms with Gasteiger partial charge in [0.15, 0.2) is 0 Å². The van der Waals surface area contributed by atoms with Crippen molar-refractivity contribution in [1.82, 2.24) is 9.61 Å². The fourth-order valence-corrected chi connectivity index (χ4v) is 2.47. The first-order valence-corrected chi connectivity index (χ1v) is 5.30. The maximum atomic E-state index is 6.09. The predicted octanol–water partition coefficient (Wildman–Crippen LogP) is 1.78. The molecular formula is C12H15N3. The molecule has 2 N–H and O–H groups in total. The molecule has 0 aromatic carbocycles. The number of nitrogens with two attached hydrogens (primary N) is 1. The Morgan fingerprint density at radius 1 is 1.40 bits per heavy atom. The molecule has 0 aliphatic heterocycles. The van der Waals surface area contributed by atoms with Crippen molar-refractivity contribution >= 4 is 5.52 Å². The van der Waals surface area contributed by atoms with Gasteiger partial charge in [0.1, 0.15) is 0 Å². The number of fused-ring (bicyclic) bond motifs is 1. The zero-order valence-electron chi connectivity index (χ0n) is 9.01. The first kappa shape index (κ1) is 8.92. The second-order valence-electron chi connectivity index (χ2n) is 4.96. The van der Waals surface area contributed by atoms with E-state index in [1.807, 2.05) is 29.0 Å². The molecule has 0 amide bonds. The van der Waals surface area contributed by atoms with Crippen molar-refractivity contribution in [2.75, 3.05) is 0 Å². The van der Waals surface area contributed by atoms with Gasteiger partial charge in [-0.1, -0.05) is 19.9 Å². The Morgan fingerprint density at radius 2 is 2.13 bits per heavy atom. The summed E-state index contributed by atoms with van der Waals surface area (Å²) in [6, 6.07) is 6.40. The van der Waals surface area contributed by atoms with Crippen LogP contribution in [0.15, 0.2) is 30.6 Å². The average molecular weight is 201 g/mol. The first-order valence-electron chi connectivity index (χ1n) is 5.30. The van der Waals surface area contributed by atoms with E-state index in [2.05, 4.69) is 25.0 Å². The highest BCUT2D eigenvalue weighted by Crippen LogP contribution is 2.57. The molecule has 2 aromatic heterocycles. The molecule has 3 nitrogen and oxygen atoms in total. The van der Waals surface area contributed by atoms with Crippen LogP contribution in [0.1, 0.15) is 25.3 Å². The van der Waals surface area contributed by atoms with Gasteiger partial charge in [-0.15, -0.1) is 0 Å². The zero-order valence-corrected chi connectivity index (χ0v) is 9.01. The summed E-state index contributed by atoms with van der Waals surface area (Å²) in [5.41, 5.74) is 8.78. The van der Waals surface area contributed by atoms with Crippen molar-refractivity contribution < 1.29 is 0 Å². The van der Waals surface area contributed by atoms with Gasteiger partial charge in [0.05, 0.1) is 11.7 Å². The minimum Gasteiger partial charge on any atom is -0.327 e. The van der Waals surface area contributed by atoms with Crippen molar-refractivity contribution in [2.45, 2.75) is 25.8 Å². The highest BCUT2D eigenvalue weighted by Gasteiger charge is 2.57. The lowest BCUT2D eigenvalue weighted by atomic mass is 10.0. The van der Waals surface area contributed by atoms with Crippen molar-refractivity contribution in [1.29, 1.82) is 0 Å². The molecule has 0 saturated heterocycles. The van der Waals surface area contributed by atoms with E-state index in [1.54, 1.807) is 0 Å². The topological polar surface area (TPSA) is 43.3 Å². The Balaban J connectivity index is 2.14. The van der Waals surface area contributed by atoms with Crippen LogP contribution >= 0.6 is 0 Å². The van der Waals surface area contributed by atoms with Crippen LogP contribution < -0.4 is 5.73 Å². The predicted molar refractivity (Wildman–Crippen MR) is 59.7 cm³/mol. The molecule has 1 aliphatic carbocycles. The second-order valence-corrected chi connectivity index (χ2v) is 4.96. The normalized spacial score (nSPS) is 28.2. The van der Waals surface area contributed by atoms with Crippen molar-refractivity contribution in [3.8, 4) is 0 Å². The van der Waals surface area contributed by atoms with Crippen LogP contribution in [0.25, 0.3) is 5.52 Å². The lowest BCUT2D eigenvalue weighted by Gasteiger charge is -2.00. The number of hydrogen-bond acceptors (Lipinski definition) is 2. The van der Waals surface area contributed by atoms with Crippen LogP contribution in [0.3, 0.4) is 0 Å². The Bertz CT molecular complexity index is 512. The van der Waals surface area contributed by atoms with Crippen molar-refractivity contribution in [3.05, 3.63) is 36.2 Å². The fourth-order valence-electron chi connectivity index (χ4n) is 2.47. The summed E-state index contributed by atoms with van der Waals surface area (Å²) in [6.07, 6.45) is 3.92. The molecule has 2 atom stereocenters. The van der Waals surface area contributed by atoms with E-state index in [0.29, 0.717) is 5.92 Å². The van der Waals surface area contributed by atoms with Crippen LogP contribution in [-0.2, 0) is 0 Å². The van der Waals surface area contributed by atoms with Gasteiger partial charge in [-0.25, -0.2) is 4.52 Å². The molecule has 3 heteroatoms. The van der Waals surface area contributed by atoms with Gasteiger partial charge < -0.3 is 5.73 Å². The standard InChI is InChI=1S/C12H15N3/c1-12(2)10(11(12)13)8-7-14-15-6-4-3-5-9(8)15/h3-7,10-11H,13H2,1-2H3/t10-,11-/m1/s1. The van der Waals surface area contributed by atoms with E-state index in [9.17, 15) is 0 Å². The Labute approximate surface area is 88.9 Å². The number of hydrogen-bond donors (Lipinski definition) is 1. The van der Waals surface area contributed by atoms with E-state index in [0.717, 1.165) is 0 Å². The summed E-state index contributed by atoms with van der Waals surface area (Å²) in [5.74, 6) is 0.456. The van der Waals surface area contributed by atoms with Gasteiger partial charge >= 0.3 is 0 Å². The van der Waals surface area contributed by atoms with Crippen LogP contribution in [-0.4, -0.2) is 15.7 Å². The third kappa shape index (κ3) is 1.07. The van der Waals surface area contributed by atoms with E-state index in [4.69, 9.17) is 5.73 Å². The second kappa shape index (κ2) is 2.61. The molecule has 0 unspecified atom stereocenters. The molecule has 1 aliphatic rings. The van der Waals surface area contributed by atoms with Crippen LogP contribution in [0, 0.1) is 5.41 Å². The quantitative estimate of drug-likeness (QED) is 0.764. The van der Waals surface area contributed by atoms with E-state index in [1.165, 1.54) is 11.1 Å². The van der Waals surface area contributed by atoms with Crippen LogP contribution in [0.4, 0.5) is 0 Å². The minimum atomic E-state index is 0.222. The maximum Gasteiger partial charge on any atom is 0.0697 e. The lowest BCUT2D eigenvalue weighted by molar-refractivity contribution is 0.600. The van der Waals surface area contributed by atoms with Crippen LogP contribution in [0.2, 0.25) is 0 Å². The number of pyridine rings is 1. The highest BCUT2D eigenvalue weighted by atomic mass is 15.2. The summed E-state index contributed by atoms with van der Waals surface area (Å²) in [5, 5.41) is 4.34. The molecular weight excluding hydrogens is 186 g/mol. The van der Waals surface area contributed by atoms with Crippen LogP contribution in [0.5, 0.6) is 0 Å². The summed E-state index contributed by atoms with van der Waals surface area (Å²) >= 11 is 0.